The smallest absolute Gasteiger partial charge is 0.254 e. The summed E-state index contributed by atoms with van der Waals surface area (Å²) >= 11 is 1.65. The summed E-state index contributed by atoms with van der Waals surface area (Å²) in [6.07, 6.45) is 8.15. The summed E-state index contributed by atoms with van der Waals surface area (Å²) in [6, 6.07) is 12.2. The quantitative estimate of drug-likeness (QED) is 0.331. The number of amides is 1. The molecule has 2 aliphatic carbocycles. The van der Waals surface area contributed by atoms with Gasteiger partial charge in [0.15, 0.2) is 11.5 Å². The van der Waals surface area contributed by atoms with Gasteiger partial charge in [0.1, 0.15) is 17.4 Å². The van der Waals surface area contributed by atoms with Crippen LogP contribution >= 0.6 is 11.3 Å². The number of carbonyl (C=O) groups excluding carboxylic acids is 1. The van der Waals surface area contributed by atoms with Gasteiger partial charge in [-0.2, -0.15) is 0 Å². The average Bonchev–Trinajstić information content (AvgIpc) is 3.63. The molecule has 1 fully saturated rings. The molecule has 188 valence electrons. The highest BCUT2D eigenvalue weighted by molar-refractivity contribution is 7.16. The summed E-state index contributed by atoms with van der Waals surface area (Å²) in [5.41, 5.74) is 3.65. The Kier molecular flexibility index (Phi) is 7.37. The first-order valence-electron chi connectivity index (χ1n) is 12.6. The molecule has 1 N–H and O–H groups in total. The Morgan fingerprint density at radius 3 is 2.69 bits per heavy atom. The van der Waals surface area contributed by atoms with Gasteiger partial charge in [0.05, 0.1) is 12.7 Å². The van der Waals surface area contributed by atoms with E-state index in [-0.39, 0.29) is 11.7 Å². The predicted octanol–water partition coefficient (Wildman–Crippen LogP) is 6.63. The maximum absolute atomic E-state index is 13.2. The molecule has 36 heavy (non-hydrogen) atoms. The fourth-order valence-corrected chi connectivity index (χ4v) is 5.86. The van der Waals surface area contributed by atoms with E-state index in [1.54, 1.807) is 36.8 Å². The van der Waals surface area contributed by atoms with E-state index in [9.17, 15) is 9.18 Å². The minimum atomic E-state index is -0.278. The lowest BCUT2D eigenvalue weighted by Crippen LogP contribution is -2.26. The molecule has 1 amide bonds. The zero-order valence-corrected chi connectivity index (χ0v) is 21.5. The van der Waals surface area contributed by atoms with Crippen LogP contribution in [0.2, 0.25) is 0 Å². The summed E-state index contributed by atoms with van der Waals surface area (Å²) in [5.74, 6) is 1.59. The number of thiophene rings is 1. The Morgan fingerprint density at radius 1 is 1.17 bits per heavy atom. The van der Waals surface area contributed by atoms with Gasteiger partial charge in [0.25, 0.3) is 5.91 Å². The van der Waals surface area contributed by atoms with Crippen molar-refractivity contribution in [2.75, 3.05) is 7.11 Å². The highest BCUT2D eigenvalue weighted by Gasteiger charge is 2.31. The minimum Gasteiger partial charge on any atom is -0.493 e. The lowest BCUT2D eigenvalue weighted by molar-refractivity contribution is 0.0951. The number of nitrogens with one attached hydrogen (secondary N) is 1. The lowest BCUT2D eigenvalue weighted by Gasteiger charge is -2.21. The van der Waals surface area contributed by atoms with E-state index in [1.165, 1.54) is 22.6 Å². The average molecular weight is 507 g/mol. The molecule has 0 radical (unpaired) electrons. The highest BCUT2D eigenvalue weighted by Crippen LogP contribution is 2.42. The largest absolute Gasteiger partial charge is 0.493 e. The number of hydrogen-bond acceptors (Lipinski definition) is 5. The fraction of sp³-hybridized carbons (Fsp3) is 0.379. The summed E-state index contributed by atoms with van der Waals surface area (Å²) in [7, 11) is 1.60. The molecule has 1 unspecified atom stereocenters. The first-order valence-corrected chi connectivity index (χ1v) is 13.4. The second-order valence-electron chi connectivity index (χ2n) is 9.53. The monoisotopic (exact) mass is 506 g/mol. The van der Waals surface area contributed by atoms with Gasteiger partial charge in [0.2, 0.25) is 0 Å². The molecule has 1 atom stereocenters. The third-order valence-corrected chi connectivity index (χ3v) is 8.05. The van der Waals surface area contributed by atoms with Crippen LogP contribution < -0.4 is 14.8 Å². The fourth-order valence-electron chi connectivity index (χ4n) is 4.56. The van der Waals surface area contributed by atoms with Crippen molar-refractivity contribution in [3.8, 4) is 11.5 Å². The molecule has 0 spiro atoms. The third kappa shape index (κ3) is 5.62. The summed E-state index contributed by atoms with van der Waals surface area (Å²) in [6.45, 7) is 2.53. The Morgan fingerprint density at radius 2 is 1.97 bits per heavy atom. The highest BCUT2D eigenvalue weighted by atomic mass is 32.1. The Balaban J connectivity index is 1.39. The molecular weight excluding hydrogens is 475 g/mol. The molecule has 2 aromatic carbocycles. The molecule has 0 saturated heterocycles. The number of benzene rings is 2. The second kappa shape index (κ2) is 10.8. The first kappa shape index (κ1) is 24.5. The molecule has 2 aliphatic rings. The van der Waals surface area contributed by atoms with Crippen molar-refractivity contribution in [2.45, 2.75) is 58.1 Å². The number of fused-ring (bicyclic) bond motifs is 1. The van der Waals surface area contributed by atoms with Crippen molar-refractivity contribution < 1.29 is 18.7 Å². The number of halogens is 1. The Bertz CT molecular complexity index is 1260. The summed E-state index contributed by atoms with van der Waals surface area (Å²) in [5, 5.41) is 3.94. The number of nitrogens with zero attached hydrogens (tertiary/aromatic N) is 1. The zero-order valence-electron chi connectivity index (χ0n) is 20.7. The van der Waals surface area contributed by atoms with Crippen LogP contribution in [0.25, 0.3) is 0 Å². The summed E-state index contributed by atoms with van der Waals surface area (Å²) < 4.78 is 24.6. The topological polar surface area (TPSA) is 59.9 Å². The predicted molar refractivity (Wildman–Crippen MR) is 142 cm³/mol. The number of aliphatic imine (C=N–C) groups is 1. The van der Waals surface area contributed by atoms with Gasteiger partial charge < -0.3 is 14.8 Å². The van der Waals surface area contributed by atoms with E-state index in [2.05, 4.69) is 12.2 Å². The van der Waals surface area contributed by atoms with Crippen molar-refractivity contribution in [3.63, 3.8) is 0 Å². The van der Waals surface area contributed by atoms with Crippen molar-refractivity contribution >= 4 is 28.5 Å². The van der Waals surface area contributed by atoms with Crippen molar-refractivity contribution in [1.82, 2.24) is 5.32 Å². The van der Waals surface area contributed by atoms with E-state index in [0.717, 1.165) is 60.2 Å². The maximum atomic E-state index is 13.2. The maximum Gasteiger partial charge on any atom is 0.254 e. The van der Waals surface area contributed by atoms with Crippen LogP contribution in [0.1, 0.15) is 64.5 Å². The van der Waals surface area contributed by atoms with E-state index >= 15 is 0 Å². The Labute approximate surface area is 215 Å². The van der Waals surface area contributed by atoms with Crippen molar-refractivity contribution in [1.29, 1.82) is 0 Å². The van der Waals surface area contributed by atoms with Crippen LogP contribution in [-0.4, -0.2) is 25.3 Å². The molecule has 0 bridgehead atoms. The lowest BCUT2D eigenvalue weighted by atomic mass is 9.85. The number of carbonyl (C=O) groups is 1. The number of methoxy groups -OCH3 is 1. The molecule has 7 heteroatoms. The van der Waals surface area contributed by atoms with Crippen LogP contribution in [0.3, 0.4) is 0 Å². The first-order chi connectivity index (χ1) is 17.5. The van der Waals surface area contributed by atoms with Crippen LogP contribution in [0.15, 0.2) is 47.5 Å². The van der Waals surface area contributed by atoms with Crippen LogP contribution in [0.5, 0.6) is 11.5 Å². The van der Waals surface area contributed by atoms with E-state index < -0.39 is 0 Å². The van der Waals surface area contributed by atoms with Gasteiger partial charge in [-0.25, -0.2) is 9.38 Å². The minimum absolute atomic E-state index is 0.00940. The van der Waals surface area contributed by atoms with Gasteiger partial charge in [0, 0.05) is 17.1 Å². The molecule has 1 aromatic heterocycles. The summed E-state index contributed by atoms with van der Waals surface area (Å²) in [4.78, 5) is 19.3. The van der Waals surface area contributed by atoms with Crippen LogP contribution in [-0.2, 0) is 19.4 Å². The van der Waals surface area contributed by atoms with Gasteiger partial charge in [-0.05, 0) is 85.0 Å². The second-order valence-corrected chi connectivity index (χ2v) is 10.6. The molecule has 0 aliphatic heterocycles. The van der Waals surface area contributed by atoms with Gasteiger partial charge in [-0.1, -0.05) is 25.5 Å². The van der Waals surface area contributed by atoms with Crippen molar-refractivity contribution in [3.05, 3.63) is 75.4 Å². The van der Waals surface area contributed by atoms with Gasteiger partial charge in [-0.3, -0.25) is 4.79 Å². The van der Waals surface area contributed by atoms with Gasteiger partial charge in [-0.15, -0.1) is 11.3 Å². The molecule has 1 heterocycles. The molecular formula is C29H31FN2O3S. The molecule has 5 rings (SSSR count). The molecule has 5 nitrogen and oxygen atoms in total. The standard InChI is InChI=1S/C29H31FN2O3S/c1-3-18-6-12-23-26(15-18)36-29(27(23)28(33)32-22-10-11-22)31-16-20-7-13-24(34-2)25(14-20)35-17-19-4-8-21(30)9-5-19/h4-5,7-9,13-14,16,18,22H,3,6,10-12,15,17H2,1-2H3,(H,32,33)/b31-16+. The van der Waals surface area contributed by atoms with Crippen LogP contribution in [0.4, 0.5) is 9.39 Å². The molecule has 3 aromatic rings. The van der Waals surface area contributed by atoms with Gasteiger partial charge >= 0.3 is 0 Å². The van der Waals surface area contributed by atoms with Crippen LogP contribution in [0, 0.1) is 11.7 Å². The van der Waals surface area contributed by atoms with E-state index in [4.69, 9.17) is 14.5 Å². The molecule has 1 saturated carbocycles. The Hall–Kier alpha value is -3.19. The number of rotatable bonds is 9. The third-order valence-electron chi connectivity index (χ3n) is 6.89. The zero-order chi connectivity index (χ0) is 25.1. The normalized spacial score (nSPS) is 17.1. The van der Waals surface area contributed by atoms with E-state index in [1.807, 2.05) is 18.2 Å². The SMILES string of the molecule is CCC1CCc2c(sc(/N=C/c3ccc(OC)c(OCc4ccc(F)cc4)c3)c2C(=O)NC2CC2)C1. The number of ether oxygens (including phenoxy) is 2. The number of hydrogen-bond donors (Lipinski definition) is 1. The van der Waals surface area contributed by atoms with E-state index in [0.29, 0.717) is 30.1 Å². The van der Waals surface area contributed by atoms with Crippen molar-refractivity contribution in [2.24, 2.45) is 10.9 Å².